The summed E-state index contributed by atoms with van der Waals surface area (Å²) in [6, 6.07) is 5.24. The molecule has 0 aliphatic carbocycles. The van der Waals surface area contributed by atoms with Gasteiger partial charge in [0.25, 0.3) is 0 Å². The Kier molecular flexibility index (Phi) is 4.11. The molecule has 7 heteroatoms. The first-order chi connectivity index (χ1) is 8.72. The van der Waals surface area contributed by atoms with Crippen molar-refractivity contribution in [2.24, 2.45) is 0 Å². The van der Waals surface area contributed by atoms with Crippen LogP contribution < -0.4 is 5.73 Å². The Balaban J connectivity index is 2.27. The molecule has 2 N–H and O–H groups in total. The van der Waals surface area contributed by atoms with Crippen LogP contribution in [0.2, 0.25) is 5.02 Å². The Hall–Kier alpha value is -1.66. The lowest BCUT2D eigenvalue weighted by Crippen LogP contribution is -2.06. The van der Waals surface area contributed by atoms with E-state index in [1.807, 2.05) is 0 Å². The van der Waals surface area contributed by atoms with E-state index < -0.39 is 0 Å². The molecule has 0 amide bonds. The molecule has 0 spiro atoms. The molecule has 2 aromatic rings. The molecular formula is C11H14ClN5O. The minimum atomic E-state index is 0.576. The minimum absolute atomic E-state index is 0.576. The molecule has 1 heterocycles. The largest absolute Gasteiger partial charge is 0.399 e. The molecule has 0 aliphatic rings. The van der Waals surface area contributed by atoms with Crippen LogP contribution >= 0.6 is 11.6 Å². The van der Waals surface area contributed by atoms with Gasteiger partial charge in [0, 0.05) is 31.5 Å². The number of rotatable bonds is 5. The first-order valence-electron chi connectivity index (χ1n) is 5.53. The van der Waals surface area contributed by atoms with Crippen molar-refractivity contribution in [2.45, 2.75) is 13.0 Å². The van der Waals surface area contributed by atoms with Crippen LogP contribution in [0.4, 0.5) is 5.69 Å². The Morgan fingerprint density at radius 2 is 2.28 bits per heavy atom. The molecule has 0 saturated carbocycles. The average molecular weight is 268 g/mol. The highest BCUT2D eigenvalue weighted by molar-refractivity contribution is 6.33. The fourth-order valence-corrected chi connectivity index (χ4v) is 1.82. The predicted octanol–water partition coefficient (Wildman–Crippen LogP) is 1.61. The fraction of sp³-hybridized carbons (Fsp3) is 0.364. The topological polar surface area (TPSA) is 78.8 Å². The zero-order valence-electron chi connectivity index (χ0n) is 10.0. The fourth-order valence-electron chi connectivity index (χ4n) is 1.62. The molecule has 18 heavy (non-hydrogen) atoms. The van der Waals surface area contributed by atoms with Crippen LogP contribution in [0.1, 0.15) is 6.42 Å². The summed E-state index contributed by atoms with van der Waals surface area (Å²) in [5.74, 6) is 0.614. The van der Waals surface area contributed by atoms with Gasteiger partial charge in [0.1, 0.15) is 0 Å². The van der Waals surface area contributed by atoms with Gasteiger partial charge < -0.3 is 10.5 Å². The van der Waals surface area contributed by atoms with Crippen molar-refractivity contribution in [3.05, 3.63) is 23.2 Å². The highest BCUT2D eigenvalue weighted by Gasteiger charge is 2.12. The average Bonchev–Trinajstić information content (AvgIpc) is 2.81. The van der Waals surface area contributed by atoms with E-state index >= 15 is 0 Å². The quantitative estimate of drug-likeness (QED) is 0.658. The normalized spacial score (nSPS) is 10.8. The zero-order valence-corrected chi connectivity index (χ0v) is 10.8. The second-order valence-corrected chi connectivity index (χ2v) is 4.22. The van der Waals surface area contributed by atoms with Crippen molar-refractivity contribution in [2.75, 3.05) is 19.5 Å². The molecule has 0 atom stereocenters. The van der Waals surface area contributed by atoms with Crippen LogP contribution in [0.5, 0.6) is 0 Å². The number of anilines is 1. The van der Waals surface area contributed by atoms with Crippen LogP contribution in [0.3, 0.4) is 0 Å². The third-order valence-electron chi connectivity index (χ3n) is 2.48. The summed E-state index contributed by atoms with van der Waals surface area (Å²) in [6.07, 6.45) is 0.828. The highest BCUT2D eigenvalue weighted by atomic mass is 35.5. The smallest absolute Gasteiger partial charge is 0.183 e. The standard InChI is InChI=1S/C11H14ClN5O/c1-18-6-2-5-17-11(14-15-16-17)9-7-8(13)3-4-10(9)12/h3-4,7H,2,5-6,13H2,1H3. The van der Waals surface area contributed by atoms with E-state index in [-0.39, 0.29) is 0 Å². The van der Waals surface area contributed by atoms with Crippen LogP contribution in [0.25, 0.3) is 11.4 Å². The SMILES string of the molecule is COCCCn1nnnc1-c1cc(N)ccc1Cl. The molecule has 0 aliphatic heterocycles. The van der Waals surface area contributed by atoms with Crippen LogP contribution in [-0.2, 0) is 11.3 Å². The van der Waals surface area contributed by atoms with Crippen LogP contribution in [-0.4, -0.2) is 33.9 Å². The maximum Gasteiger partial charge on any atom is 0.183 e. The van der Waals surface area contributed by atoms with E-state index in [0.717, 1.165) is 12.0 Å². The van der Waals surface area contributed by atoms with Gasteiger partial charge in [-0.05, 0) is 35.0 Å². The molecule has 96 valence electrons. The molecular weight excluding hydrogens is 254 g/mol. The summed E-state index contributed by atoms with van der Waals surface area (Å²) in [7, 11) is 1.66. The summed E-state index contributed by atoms with van der Waals surface area (Å²) in [6.45, 7) is 1.32. The van der Waals surface area contributed by atoms with Crippen molar-refractivity contribution in [3.63, 3.8) is 0 Å². The lowest BCUT2D eigenvalue weighted by atomic mass is 10.2. The second kappa shape index (κ2) is 5.79. The number of nitrogens with two attached hydrogens (primary N) is 1. The number of hydrogen-bond donors (Lipinski definition) is 1. The van der Waals surface area contributed by atoms with Gasteiger partial charge in [-0.15, -0.1) is 5.10 Å². The lowest BCUT2D eigenvalue weighted by Gasteiger charge is -2.06. The van der Waals surface area contributed by atoms with Crippen LogP contribution in [0.15, 0.2) is 18.2 Å². The number of benzene rings is 1. The molecule has 0 unspecified atom stereocenters. The van der Waals surface area contributed by atoms with E-state index in [4.69, 9.17) is 22.1 Å². The van der Waals surface area contributed by atoms with Crippen molar-refractivity contribution in [3.8, 4) is 11.4 Å². The van der Waals surface area contributed by atoms with Crippen molar-refractivity contribution < 1.29 is 4.74 Å². The van der Waals surface area contributed by atoms with Gasteiger partial charge in [0.05, 0.1) is 5.02 Å². The van der Waals surface area contributed by atoms with Gasteiger partial charge in [-0.3, -0.25) is 0 Å². The third kappa shape index (κ3) is 2.77. The van der Waals surface area contributed by atoms with Crippen molar-refractivity contribution >= 4 is 17.3 Å². The Morgan fingerprint density at radius 1 is 1.44 bits per heavy atom. The number of tetrazole rings is 1. The van der Waals surface area contributed by atoms with Crippen molar-refractivity contribution in [1.29, 1.82) is 0 Å². The number of nitrogen functional groups attached to an aromatic ring is 1. The van der Waals surface area contributed by atoms with E-state index in [1.54, 1.807) is 30.0 Å². The second-order valence-electron chi connectivity index (χ2n) is 3.81. The number of hydrogen-bond acceptors (Lipinski definition) is 5. The maximum absolute atomic E-state index is 6.13. The Bertz CT molecular complexity index is 528. The molecule has 0 radical (unpaired) electrons. The van der Waals surface area contributed by atoms with E-state index in [9.17, 15) is 0 Å². The molecule has 6 nitrogen and oxygen atoms in total. The Labute approximate surface area is 110 Å². The number of ether oxygens (including phenoxy) is 1. The van der Waals surface area contributed by atoms with Crippen molar-refractivity contribution in [1.82, 2.24) is 20.2 Å². The highest BCUT2D eigenvalue weighted by Crippen LogP contribution is 2.27. The minimum Gasteiger partial charge on any atom is -0.399 e. The number of methoxy groups -OCH3 is 1. The molecule has 0 saturated heterocycles. The molecule has 2 rings (SSSR count). The summed E-state index contributed by atoms with van der Waals surface area (Å²) in [4.78, 5) is 0. The molecule has 1 aromatic carbocycles. The first kappa shape index (κ1) is 12.8. The van der Waals surface area contributed by atoms with Gasteiger partial charge in [0.2, 0.25) is 0 Å². The summed E-state index contributed by atoms with van der Waals surface area (Å²) in [5.41, 5.74) is 7.11. The number of halogens is 1. The summed E-state index contributed by atoms with van der Waals surface area (Å²) < 4.78 is 6.69. The monoisotopic (exact) mass is 267 g/mol. The molecule has 0 fully saturated rings. The van der Waals surface area contributed by atoms with Gasteiger partial charge in [0.15, 0.2) is 5.82 Å². The van der Waals surface area contributed by atoms with Gasteiger partial charge in [-0.1, -0.05) is 11.6 Å². The van der Waals surface area contributed by atoms with Gasteiger partial charge in [-0.25, -0.2) is 4.68 Å². The van der Waals surface area contributed by atoms with Gasteiger partial charge in [-0.2, -0.15) is 0 Å². The van der Waals surface area contributed by atoms with Gasteiger partial charge >= 0.3 is 0 Å². The Morgan fingerprint density at radius 3 is 3.06 bits per heavy atom. The zero-order chi connectivity index (χ0) is 13.0. The predicted molar refractivity (Wildman–Crippen MR) is 69.2 cm³/mol. The number of aryl methyl sites for hydroxylation is 1. The number of nitrogens with zero attached hydrogens (tertiary/aromatic N) is 4. The van der Waals surface area contributed by atoms with Crippen LogP contribution in [0, 0.1) is 0 Å². The number of aromatic nitrogens is 4. The molecule has 1 aromatic heterocycles. The molecule has 0 bridgehead atoms. The summed E-state index contributed by atoms with van der Waals surface area (Å²) in [5, 5.41) is 12.2. The third-order valence-corrected chi connectivity index (χ3v) is 2.81. The lowest BCUT2D eigenvalue weighted by molar-refractivity contribution is 0.189. The first-order valence-corrected chi connectivity index (χ1v) is 5.90. The van der Waals surface area contributed by atoms with E-state index in [1.165, 1.54) is 0 Å². The van der Waals surface area contributed by atoms with E-state index in [0.29, 0.717) is 29.7 Å². The maximum atomic E-state index is 6.13. The van der Waals surface area contributed by atoms with E-state index in [2.05, 4.69) is 15.5 Å². The summed E-state index contributed by atoms with van der Waals surface area (Å²) >= 11 is 6.13.